The predicted octanol–water partition coefficient (Wildman–Crippen LogP) is 10.3. The van der Waals surface area contributed by atoms with Gasteiger partial charge in [-0.1, -0.05) is 122 Å². The zero-order valence-corrected chi connectivity index (χ0v) is 27.1. The summed E-state index contributed by atoms with van der Waals surface area (Å²) >= 11 is 0. The van der Waals surface area contributed by atoms with Crippen molar-refractivity contribution in [2.45, 2.75) is 180 Å². The second-order valence-corrected chi connectivity index (χ2v) is 11.6. The van der Waals surface area contributed by atoms with Crippen LogP contribution < -0.4 is 0 Å². The van der Waals surface area contributed by atoms with Crippen LogP contribution in [0, 0.1) is 0 Å². The van der Waals surface area contributed by atoms with Crippen molar-refractivity contribution in [2.75, 3.05) is 13.2 Å². The van der Waals surface area contributed by atoms with Crippen LogP contribution in [0.3, 0.4) is 0 Å². The summed E-state index contributed by atoms with van der Waals surface area (Å²) in [6, 6.07) is 0. The first-order valence-electron chi connectivity index (χ1n) is 17.4. The van der Waals surface area contributed by atoms with Crippen molar-refractivity contribution in [3.05, 3.63) is 24.3 Å². The first-order chi connectivity index (χ1) is 20.1. The smallest absolute Gasteiger partial charge is 0.306 e. The maximum atomic E-state index is 12.1. The van der Waals surface area contributed by atoms with Crippen molar-refractivity contribution < 1.29 is 24.2 Å². The van der Waals surface area contributed by atoms with E-state index >= 15 is 0 Å². The molecule has 0 heterocycles. The number of hydrogen-bond acceptors (Lipinski definition) is 5. The van der Waals surface area contributed by atoms with Crippen LogP contribution in [0.15, 0.2) is 24.3 Å². The first kappa shape index (κ1) is 39.4. The lowest BCUT2D eigenvalue weighted by Crippen LogP contribution is -2.28. The number of aliphatic hydroxyl groups excluding tert-OH is 1. The van der Waals surface area contributed by atoms with Gasteiger partial charge in [-0.05, 0) is 64.2 Å². The third kappa shape index (κ3) is 31.2. The van der Waals surface area contributed by atoms with E-state index in [1.807, 2.05) is 0 Å². The summed E-state index contributed by atoms with van der Waals surface area (Å²) in [5.41, 5.74) is 0. The Bertz CT molecular complexity index is 627. The molecular weight excluding hydrogens is 512 g/mol. The van der Waals surface area contributed by atoms with E-state index in [0.717, 1.165) is 51.4 Å². The lowest BCUT2D eigenvalue weighted by Gasteiger charge is -2.15. The number of hydrogen-bond donors (Lipinski definition) is 1. The molecule has 0 aliphatic carbocycles. The SMILES string of the molecule is CCCCC/C=C\CCCCCCCC(=O)OCC(CO)OC(=O)CCCCCCC/C=C\CCCCCCCC. The Kier molecular flexibility index (Phi) is 31.6. The van der Waals surface area contributed by atoms with Gasteiger partial charge >= 0.3 is 11.9 Å². The second kappa shape index (κ2) is 32.9. The molecule has 0 aliphatic rings. The second-order valence-electron chi connectivity index (χ2n) is 11.6. The number of carbonyl (C=O) groups is 2. The molecular formula is C36H66O5. The Morgan fingerprint density at radius 3 is 1.37 bits per heavy atom. The van der Waals surface area contributed by atoms with Gasteiger partial charge in [0.25, 0.3) is 0 Å². The van der Waals surface area contributed by atoms with Crippen molar-refractivity contribution in [2.24, 2.45) is 0 Å². The molecule has 0 aliphatic heterocycles. The molecule has 5 nitrogen and oxygen atoms in total. The fourth-order valence-electron chi connectivity index (χ4n) is 4.78. The summed E-state index contributed by atoms with van der Waals surface area (Å²) in [7, 11) is 0. The number of rotatable bonds is 31. The fourth-order valence-corrected chi connectivity index (χ4v) is 4.78. The van der Waals surface area contributed by atoms with E-state index in [1.54, 1.807) is 0 Å². The highest BCUT2D eigenvalue weighted by Crippen LogP contribution is 2.12. The van der Waals surface area contributed by atoms with Gasteiger partial charge in [0.2, 0.25) is 0 Å². The van der Waals surface area contributed by atoms with E-state index in [0.29, 0.717) is 12.8 Å². The molecule has 0 spiro atoms. The Balaban J connectivity index is 3.60. The molecule has 41 heavy (non-hydrogen) atoms. The zero-order chi connectivity index (χ0) is 30.1. The van der Waals surface area contributed by atoms with E-state index in [2.05, 4.69) is 38.2 Å². The fraction of sp³-hybridized carbons (Fsp3) is 0.833. The topological polar surface area (TPSA) is 72.8 Å². The van der Waals surface area contributed by atoms with Crippen molar-refractivity contribution in [1.29, 1.82) is 0 Å². The first-order valence-corrected chi connectivity index (χ1v) is 17.4. The summed E-state index contributed by atoms with van der Waals surface area (Å²) < 4.78 is 10.5. The van der Waals surface area contributed by atoms with E-state index in [4.69, 9.17) is 9.47 Å². The quantitative estimate of drug-likeness (QED) is 0.0503. The van der Waals surface area contributed by atoms with Gasteiger partial charge in [-0.25, -0.2) is 0 Å². The summed E-state index contributed by atoms with van der Waals surface area (Å²) in [4.78, 5) is 24.1. The molecule has 5 heteroatoms. The van der Waals surface area contributed by atoms with E-state index in [9.17, 15) is 14.7 Å². The monoisotopic (exact) mass is 578 g/mol. The lowest BCUT2D eigenvalue weighted by molar-refractivity contribution is -0.161. The minimum absolute atomic E-state index is 0.0714. The summed E-state index contributed by atoms with van der Waals surface area (Å²) in [5.74, 6) is -0.611. The molecule has 0 radical (unpaired) electrons. The van der Waals surface area contributed by atoms with Crippen LogP contribution in [-0.2, 0) is 19.1 Å². The molecule has 0 aromatic carbocycles. The number of carbonyl (C=O) groups excluding carboxylic acids is 2. The molecule has 0 saturated carbocycles. The van der Waals surface area contributed by atoms with Gasteiger partial charge in [0, 0.05) is 12.8 Å². The van der Waals surface area contributed by atoms with Crippen molar-refractivity contribution in [3.8, 4) is 0 Å². The highest BCUT2D eigenvalue weighted by Gasteiger charge is 2.16. The maximum Gasteiger partial charge on any atom is 0.306 e. The van der Waals surface area contributed by atoms with Crippen molar-refractivity contribution in [1.82, 2.24) is 0 Å². The summed E-state index contributed by atoms with van der Waals surface area (Å²) in [6.45, 7) is 4.08. The molecule has 0 fully saturated rings. The van der Waals surface area contributed by atoms with E-state index in [-0.39, 0.29) is 25.2 Å². The van der Waals surface area contributed by atoms with Crippen molar-refractivity contribution >= 4 is 11.9 Å². The molecule has 0 amide bonds. The number of esters is 2. The molecule has 1 unspecified atom stereocenters. The minimum Gasteiger partial charge on any atom is -0.462 e. The molecule has 0 saturated heterocycles. The van der Waals surface area contributed by atoms with Crippen molar-refractivity contribution in [3.63, 3.8) is 0 Å². The van der Waals surface area contributed by atoms with Crippen LogP contribution in [0.4, 0.5) is 0 Å². The van der Waals surface area contributed by atoms with Gasteiger partial charge in [0.1, 0.15) is 6.61 Å². The van der Waals surface area contributed by atoms with E-state index in [1.165, 1.54) is 96.3 Å². The summed E-state index contributed by atoms with van der Waals surface area (Å²) in [5, 5.41) is 9.50. The van der Waals surface area contributed by atoms with Crippen LogP contribution in [0.25, 0.3) is 0 Å². The normalized spacial score (nSPS) is 12.4. The molecule has 0 aromatic rings. The predicted molar refractivity (Wildman–Crippen MR) is 173 cm³/mol. The third-order valence-corrected chi connectivity index (χ3v) is 7.47. The van der Waals surface area contributed by atoms with Crippen LogP contribution in [0.1, 0.15) is 174 Å². The molecule has 240 valence electrons. The Labute approximate surface area is 253 Å². The van der Waals surface area contributed by atoms with E-state index < -0.39 is 6.10 Å². The Morgan fingerprint density at radius 1 is 0.537 bits per heavy atom. The van der Waals surface area contributed by atoms with Crippen LogP contribution in [0.2, 0.25) is 0 Å². The third-order valence-electron chi connectivity index (χ3n) is 7.47. The van der Waals surface area contributed by atoms with Gasteiger partial charge in [-0.15, -0.1) is 0 Å². The Hall–Kier alpha value is -1.62. The van der Waals surface area contributed by atoms with Gasteiger partial charge < -0.3 is 14.6 Å². The average molecular weight is 579 g/mol. The van der Waals surface area contributed by atoms with Gasteiger partial charge in [0.15, 0.2) is 6.10 Å². The number of aliphatic hydroxyl groups is 1. The van der Waals surface area contributed by atoms with Gasteiger partial charge in [0.05, 0.1) is 6.61 Å². The van der Waals surface area contributed by atoms with Crippen LogP contribution >= 0.6 is 0 Å². The highest BCUT2D eigenvalue weighted by atomic mass is 16.6. The van der Waals surface area contributed by atoms with Gasteiger partial charge in [-0.3, -0.25) is 9.59 Å². The molecule has 0 bridgehead atoms. The minimum atomic E-state index is -0.774. The number of allylic oxidation sites excluding steroid dienone is 4. The summed E-state index contributed by atoms with van der Waals surface area (Å²) in [6.07, 6.45) is 36.6. The van der Waals surface area contributed by atoms with Gasteiger partial charge in [-0.2, -0.15) is 0 Å². The lowest BCUT2D eigenvalue weighted by atomic mass is 10.1. The van der Waals surface area contributed by atoms with Crippen LogP contribution in [0.5, 0.6) is 0 Å². The standard InChI is InChI=1S/C36H66O5/c1-3-5-7-9-11-13-15-17-18-19-21-23-25-27-29-31-36(39)41-34(32-37)33-40-35(38)30-28-26-24-22-20-16-14-12-10-8-6-4-2/h12,14,17-18,34,37H,3-11,13,15-16,19-33H2,1-2H3/b14-12-,18-17-. The Morgan fingerprint density at radius 2 is 0.902 bits per heavy atom. The maximum absolute atomic E-state index is 12.1. The number of ether oxygens (including phenoxy) is 2. The van der Waals surface area contributed by atoms with Crippen LogP contribution in [-0.4, -0.2) is 36.4 Å². The number of unbranched alkanes of at least 4 members (excludes halogenated alkanes) is 19. The molecule has 0 aromatic heterocycles. The molecule has 1 atom stereocenters. The average Bonchev–Trinajstić information content (AvgIpc) is 2.97. The molecule has 1 N–H and O–H groups in total. The largest absolute Gasteiger partial charge is 0.462 e. The zero-order valence-electron chi connectivity index (χ0n) is 27.1. The highest BCUT2D eigenvalue weighted by molar-refractivity contribution is 5.70. The molecule has 0 rings (SSSR count).